The van der Waals surface area contributed by atoms with Gasteiger partial charge in [0.15, 0.2) is 0 Å². The van der Waals surface area contributed by atoms with Gasteiger partial charge in [-0.15, -0.1) is 0 Å². The zero-order valence-electron chi connectivity index (χ0n) is 16.2. The standard InChI is InChI=1S/C22H40O/c1-5-8-21(23)9-6-7-13-22(3,4)14-12-18-16-20-11-10-19(20)15-17(18)2/h17-20H,5-16H2,1-4H3. The van der Waals surface area contributed by atoms with Crippen LogP contribution in [-0.2, 0) is 4.79 Å². The molecule has 2 rings (SSSR count). The summed E-state index contributed by atoms with van der Waals surface area (Å²) in [4.78, 5) is 11.6. The Morgan fingerprint density at radius 3 is 2.35 bits per heavy atom. The molecule has 134 valence electrons. The monoisotopic (exact) mass is 320 g/mol. The van der Waals surface area contributed by atoms with Crippen LogP contribution in [0.25, 0.3) is 0 Å². The zero-order chi connectivity index (χ0) is 16.9. The highest BCUT2D eigenvalue weighted by Gasteiger charge is 2.40. The van der Waals surface area contributed by atoms with Gasteiger partial charge in [0.2, 0.25) is 0 Å². The van der Waals surface area contributed by atoms with Gasteiger partial charge in [-0.2, -0.15) is 0 Å². The van der Waals surface area contributed by atoms with Crippen molar-refractivity contribution in [2.75, 3.05) is 0 Å². The summed E-state index contributed by atoms with van der Waals surface area (Å²) in [5.41, 5.74) is 0.462. The van der Waals surface area contributed by atoms with E-state index >= 15 is 0 Å². The number of hydrogen-bond acceptors (Lipinski definition) is 1. The molecule has 0 N–H and O–H groups in total. The lowest BCUT2D eigenvalue weighted by Gasteiger charge is -2.47. The van der Waals surface area contributed by atoms with Crippen molar-refractivity contribution in [3.8, 4) is 0 Å². The molecular formula is C22H40O. The van der Waals surface area contributed by atoms with Crippen LogP contribution in [0.4, 0.5) is 0 Å². The van der Waals surface area contributed by atoms with E-state index in [-0.39, 0.29) is 0 Å². The molecule has 2 aliphatic rings. The minimum absolute atomic E-state index is 0.462. The Labute approximate surface area is 145 Å². The molecule has 1 heteroatoms. The number of carbonyl (C=O) groups is 1. The van der Waals surface area contributed by atoms with E-state index in [1.807, 2.05) is 0 Å². The fraction of sp³-hybridized carbons (Fsp3) is 0.955. The van der Waals surface area contributed by atoms with E-state index in [4.69, 9.17) is 0 Å². The van der Waals surface area contributed by atoms with Crippen molar-refractivity contribution in [2.24, 2.45) is 29.1 Å². The van der Waals surface area contributed by atoms with Gasteiger partial charge in [0.05, 0.1) is 0 Å². The van der Waals surface area contributed by atoms with Crippen molar-refractivity contribution < 1.29 is 4.79 Å². The molecule has 4 atom stereocenters. The number of fused-ring (bicyclic) bond motifs is 1. The van der Waals surface area contributed by atoms with Crippen LogP contribution >= 0.6 is 0 Å². The summed E-state index contributed by atoms with van der Waals surface area (Å²) in [5, 5.41) is 0. The molecule has 0 heterocycles. The van der Waals surface area contributed by atoms with E-state index in [0.29, 0.717) is 11.2 Å². The van der Waals surface area contributed by atoms with Gasteiger partial charge in [0.25, 0.3) is 0 Å². The normalized spacial score (nSPS) is 30.6. The summed E-state index contributed by atoms with van der Waals surface area (Å²) in [5.74, 6) is 4.59. The average molecular weight is 321 g/mol. The predicted octanol–water partition coefficient (Wildman–Crippen LogP) is 6.79. The number of Topliss-reactive ketones (excluding diaryl/α,β-unsaturated/α-hetero) is 1. The largest absolute Gasteiger partial charge is 0.300 e. The molecular weight excluding hydrogens is 280 g/mol. The van der Waals surface area contributed by atoms with E-state index in [1.165, 1.54) is 51.4 Å². The Bertz CT molecular complexity index is 370. The van der Waals surface area contributed by atoms with Crippen molar-refractivity contribution in [3.05, 3.63) is 0 Å². The second-order valence-corrected chi connectivity index (χ2v) is 9.50. The summed E-state index contributed by atoms with van der Waals surface area (Å²) in [6, 6.07) is 0. The maximum atomic E-state index is 11.6. The van der Waals surface area contributed by atoms with Crippen LogP contribution in [0.15, 0.2) is 0 Å². The van der Waals surface area contributed by atoms with Gasteiger partial charge >= 0.3 is 0 Å². The summed E-state index contributed by atoms with van der Waals surface area (Å²) >= 11 is 0. The Morgan fingerprint density at radius 2 is 1.70 bits per heavy atom. The molecule has 4 unspecified atom stereocenters. The third-order valence-electron chi connectivity index (χ3n) is 6.94. The molecule has 0 aromatic rings. The van der Waals surface area contributed by atoms with Gasteiger partial charge < -0.3 is 0 Å². The summed E-state index contributed by atoms with van der Waals surface area (Å²) in [6.07, 6.45) is 15.1. The zero-order valence-corrected chi connectivity index (χ0v) is 16.2. The van der Waals surface area contributed by atoms with Crippen molar-refractivity contribution in [3.63, 3.8) is 0 Å². The van der Waals surface area contributed by atoms with Crippen molar-refractivity contribution in [1.82, 2.24) is 0 Å². The van der Waals surface area contributed by atoms with Crippen LogP contribution in [-0.4, -0.2) is 5.78 Å². The van der Waals surface area contributed by atoms with Gasteiger partial charge in [0, 0.05) is 12.8 Å². The van der Waals surface area contributed by atoms with Gasteiger partial charge in [-0.25, -0.2) is 0 Å². The van der Waals surface area contributed by atoms with Gasteiger partial charge in [0.1, 0.15) is 5.78 Å². The highest BCUT2D eigenvalue weighted by molar-refractivity contribution is 5.78. The highest BCUT2D eigenvalue weighted by atomic mass is 16.1. The number of unbranched alkanes of at least 4 members (excludes halogenated alkanes) is 1. The van der Waals surface area contributed by atoms with Crippen LogP contribution in [0.3, 0.4) is 0 Å². The first-order valence-corrected chi connectivity index (χ1v) is 10.4. The van der Waals surface area contributed by atoms with Crippen LogP contribution in [0.2, 0.25) is 0 Å². The Morgan fingerprint density at radius 1 is 1.00 bits per heavy atom. The number of hydrogen-bond donors (Lipinski definition) is 0. The molecule has 2 aliphatic carbocycles. The fourth-order valence-electron chi connectivity index (χ4n) is 4.98. The Hall–Kier alpha value is -0.330. The first-order valence-electron chi connectivity index (χ1n) is 10.4. The lowest BCUT2D eigenvalue weighted by molar-refractivity contribution is -0.119. The molecule has 2 saturated carbocycles. The number of rotatable bonds is 10. The van der Waals surface area contributed by atoms with Crippen molar-refractivity contribution in [2.45, 2.75) is 105 Å². The smallest absolute Gasteiger partial charge is 0.132 e. The second-order valence-electron chi connectivity index (χ2n) is 9.50. The molecule has 0 radical (unpaired) electrons. The molecule has 0 aromatic heterocycles. The molecule has 0 bridgehead atoms. The van der Waals surface area contributed by atoms with E-state index < -0.39 is 0 Å². The van der Waals surface area contributed by atoms with Gasteiger partial charge in [-0.3, -0.25) is 4.79 Å². The molecule has 23 heavy (non-hydrogen) atoms. The Kier molecular flexibility index (Phi) is 7.17. The second kappa shape index (κ2) is 8.67. The maximum Gasteiger partial charge on any atom is 0.132 e. The van der Waals surface area contributed by atoms with Gasteiger partial charge in [-0.05, 0) is 86.9 Å². The molecule has 2 fully saturated rings. The molecule has 0 aliphatic heterocycles. The molecule has 0 spiro atoms. The number of ketones is 1. The summed E-state index contributed by atoms with van der Waals surface area (Å²) in [6.45, 7) is 9.49. The van der Waals surface area contributed by atoms with Crippen molar-refractivity contribution >= 4 is 5.78 Å². The third kappa shape index (κ3) is 5.91. The maximum absolute atomic E-state index is 11.6. The highest BCUT2D eigenvalue weighted by Crippen LogP contribution is 2.50. The fourth-order valence-corrected chi connectivity index (χ4v) is 4.98. The van der Waals surface area contributed by atoms with E-state index in [0.717, 1.165) is 49.4 Å². The lowest BCUT2D eigenvalue weighted by atomic mass is 9.58. The lowest BCUT2D eigenvalue weighted by Crippen LogP contribution is -2.37. The van der Waals surface area contributed by atoms with E-state index in [9.17, 15) is 4.79 Å². The molecule has 1 nitrogen and oxygen atoms in total. The summed E-state index contributed by atoms with van der Waals surface area (Å²) < 4.78 is 0. The van der Waals surface area contributed by atoms with Gasteiger partial charge in [-0.1, -0.05) is 34.1 Å². The minimum atomic E-state index is 0.462. The van der Waals surface area contributed by atoms with Crippen LogP contribution < -0.4 is 0 Å². The molecule has 0 saturated heterocycles. The first-order chi connectivity index (χ1) is 10.9. The van der Waals surface area contributed by atoms with Crippen molar-refractivity contribution in [1.29, 1.82) is 0 Å². The molecule has 0 aromatic carbocycles. The van der Waals surface area contributed by atoms with Crippen LogP contribution in [0.5, 0.6) is 0 Å². The minimum Gasteiger partial charge on any atom is -0.300 e. The third-order valence-corrected chi connectivity index (χ3v) is 6.94. The SMILES string of the molecule is CCCC(=O)CCCCC(C)(C)CCC1CC2CCC2CC1C. The molecule has 0 amide bonds. The van der Waals surface area contributed by atoms with E-state index in [2.05, 4.69) is 27.7 Å². The number of carbonyl (C=O) groups excluding carboxylic acids is 1. The first kappa shape index (κ1) is 19.0. The Balaban J connectivity index is 1.62. The van der Waals surface area contributed by atoms with Crippen LogP contribution in [0.1, 0.15) is 105 Å². The van der Waals surface area contributed by atoms with E-state index in [1.54, 1.807) is 0 Å². The topological polar surface area (TPSA) is 17.1 Å². The van der Waals surface area contributed by atoms with Crippen LogP contribution in [0, 0.1) is 29.1 Å². The summed E-state index contributed by atoms with van der Waals surface area (Å²) in [7, 11) is 0. The quantitative estimate of drug-likeness (QED) is 0.405. The average Bonchev–Trinajstić information content (AvgIpc) is 2.47. The predicted molar refractivity (Wildman–Crippen MR) is 99.5 cm³/mol.